The molecule has 0 unspecified atom stereocenters. The van der Waals surface area contributed by atoms with E-state index in [0.717, 1.165) is 32.7 Å². The summed E-state index contributed by atoms with van der Waals surface area (Å²) in [7, 11) is 0. The minimum absolute atomic E-state index is 0.361. The predicted octanol–water partition coefficient (Wildman–Crippen LogP) is 5.36. The van der Waals surface area contributed by atoms with Gasteiger partial charge in [0, 0.05) is 0 Å². The fourth-order valence-corrected chi connectivity index (χ4v) is 3.19. The molecular weight excluding hydrogens is 284 g/mol. The molecule has 2 heteroatoms. The smallest absolute Gasteiger partial charge is 0.336 e. The van der Waals surface area contributed by atoms with Crippen molar-refractivity contribution in [3.05, 3.63) is 84.4 Å². The van der Waals surface area contributed by atoms with Gasteiger partial charge in [-0.15, -0.1) is 0 Å². The van der Waals surface area contributed by atoms with E-state index in [9.17, 15) is 9.90 Å². The molecule has 0 radical (unpaired) electrons. The molecular formula is C21H14O2. The molecule has 4 aromatic carbocycles. The van der Waals surface area contributed by atoms with Crippen molar-refractivity contribution in [3.8, 4) is 11.1 Å². The third-order valence-corrected chi connectivity index (χ3v) is 4.22. The van der Waals surface area contributed by atoms with Crippen LogP contribution in [-0.2, 0) is 0 Å². The Morgan fingerprint density at radius 1 is 0.609 bits per heavy atom. The highest BCUT2D eigenvalue weighted by molar-refractivity contribution is 6.12. The van der Waals surface area contributed by atoms with Crippen LogP contribution in [0, 0.1) is 0 Å². The molecule has 110 valence electrons. The van der Waals surface area contributed by atoms with Gasteiger partial charge >= 0.3 is 5.97 Å². The first-order valence-electron chi connectivity index (χ1n) is 7.49. The summed E-state index contributed by atoms with van der Waals surface area (Å²) >= 11 is 0. The number of carbonyl (C=O) groups is 1. The van der Waals surface area contributed by atoms with E-state index in [4.69, 9.17) is 0 Å². The lowest BCUT2D eigenvalue weighted by Gasteiger charge is -2.12. The summed E-state index contributed by atoms with van der Waals surface area (Å²) < 4.78 is 0. The molecule has 0 spiro atoms. The highest BCUT2D eigenvalue weighted by Gasteiger charge is 2.16. The minimum atomic E-state index is -0.898. The van der Waals surface area contributed by atoms with E-state index in [-0.39, 0.29) is 0 Å². The van der Waals surface area contributed by atoms with Crippen LogP contribution in [0.1, 0.15) is 10.4 Å². The topological polar surface area (TPSA) is 37.3 Å². The first-order chi connectivity index (χ1) is 11.3. The van der Waals surface area contributed by atoms with Crippen LogP contribution in [0.15, 0.2) is 78.9 Å². The highest BCUT2D eigenvalue weighted by atomic mass is 16.4. The van der Waals surface area contributed by atoms with Gasteiger partial charge in [-0.25, -0.2) is 4.79 Å². The Morgan fingerprint density at radius 2 is 1.22 bits per heavy atom. The Hall–Kier alpha value is -3.13. The van der Waals surface area contributed by atoms with Gasteiger partial charge in [-0.2, -0.15) is 0 Å². The average molecular weight is 298 g/mol. The zero-order valence-electron chi connectivity index (χ0n) is 12.4. The number of aromatic carboxylic acids is 1. The summed E-state index contributed by atoms with van der Waals surface area (Å²) in [5, 5.41) is 13.7. The molecule has 0 amide bonds. The maximum absolute atomic E-state index is 11.9. The maximum atomic E-state index is 11.9. The Morgan fingerprint density at radius 3 is 1.96 bits per heavy atom. The van der Waals surface area contributed by atoms with Crippen LogP contribution < -0.4 is 0 Å². The predicted molar refractivity (Wildman–Crippen MR) is 93.8 cm³/mol. The Labute approximate surface area is 133 Å². The molecule has 0 aliphatic carbocycles. The first kappa shape index (κ1) is 13.5. The summed E-state index contributed by atoms with van der Waals surface area (Å²) in [5.74, 6) is -0.898. The number of fused-ring (bicyclic) bond motifs is 2. The molecule has 1 N–H and O–H groups in total. The van der Waals surface area contributed by atoms with Crippen LogP contribution in [0.4, 0.5) is 0 Å². The van der Waals surface area contributed by atoms with E-state index in [2.05, 4.69) is 0 Å². The Kier molecular flexibility index (Phi) is 3.09. The third kappa shape index (κ3) is 2.16. The molecule has 0 atom stereocenters. The van der Waals surface area contributed by atoms with Crippen LogP contribution in [0.3, 0.4) is 0 Å². The van der Waals surface area contributed by atoms with Crippen LogP contribution in [-0.4, -0.2) is 11.1 Å². The summed E-state index contributed by atoms with van der Waals surface area (Å²) in [6, 6.07) is 25.5. The molecule has 0 saturated carbocycles. The maximum Gasteiger partial charge on any atom is 0.336 e. The molecule has 4 aromatic rings. The van der Waals surface area contributed by atoms with Crippen molar-refractivity contribution in [1.29, 1.82) is 0 Å². The lowest BCUT2D eigenvalue weighted by atomic mass is 9.91. The van der Waals surface area contributed by atoms with Crippen LogP contribution in [0.2, 0.25) is 0 Å². The van der Waals surface area contributed by atoms with E-state index in [1.807, 2.05) is 78.9 Å². The van der Waals surface area contributed by atoms with Crippen molar-refractivity contribution < 1.29 is 9.90 Å². The molecule has 0 heterocycles. The van der Waals surface area contributed by atoms with E-state index < -0.39 is 5.97 Å². The quantitative estimate of drug-likeness (QED) is 0.541. The number of carboxylic acids is 1. The minimum Gasteiger partial charge on any atom is -0.478 e. The number of benzene rings is 4. The number of carboxylic acid groups (broad SMARTS) is 1. The monoisotopic (exact) mass is 298 g/mol. The van der Waals surface area contributed by atoms with Gasteiger partial charge in [0.2, 0.25) is 0 Å². The van der Waals surface area contributed by atoms with Crippen LogP contribution in [0.25, 0.3) is 32.7 Å². The second-order valence-electron chi connectivity index (χ2n) is 5.54. The van der Waals surface area contributed by atoms with Gasteiger partial charge in [0.25, 0.3) is 0 Å². The lowest BCUT2D eigenvalue weighted by molar-refractivity contribution is 0.0700. The highest BCUT2D eigenvalue weighted by Crippen LogP contribution is 2.34. The van der Waals surface area contributed by atoms with Crippen molar-refractivity contribution in [3.63, 3.8) is 0 Å². The number of rotatable bonds is 2. The summed E-state index contributed by atoms with van der Waals surface area (Å²) in [6.07, 6.45) is 0. The van der Waals surface area contributed by atoms with Crippen molar-refractivity contribution in [2.75, 3.05) is 0 Å². The molecule has 0 bridgehead atoms. The molecule has 0 aromatic heterocycles. The first-order valence-corrected chi connectivity index (χ1v) is 7.49. The van der Waals surface area contributed by atoms with Gasteiger partial charge < -0.3 is 5.11 Å². The Bertz CT molecular complexity index is 1040. The van der Waals surface area contributed by atoms with Gasteiger partial charge in [-0.1, -0.05) is 78.9 Å². The zero-order valence-corrected chi connectivity index (χ0v) is 12.4. The lowest BCUT2D eigenvalue weighted by Crippen LogP contribution is -2.01. The standard InChI is InChI=1S/C21H14O2/c22-21(23)20-17-10-4-2-7-15(17)12-13-19(20)18-11-5-8-14-6-1-3-9-16(14)18/h1-13H,(H,22,23). The van der Waals surface area contributed by atoms with E-state index >= 15 is 0 Å². The van der Waals surface area contributed by atoms with Gasteiger partial charge in [-0.3, -0.25) is 0 Å². The van der Waals surface area contributed by atoms with E-state index in [1.54, 1.807) is 0 Å². The fraction of sp³-hybridized carbons (Fsp3) is 0. The largest absolute Gasteiger partial charge is 0.478 e. The zero-order chi connectivity index (χ0) is 15.8. The molecule has 23 heavy (non-hydrogen) atoms. The average Bonchev–Trinajstić information content (AvgIpc) is 2.60. The van der Waals surface area contributed by atoms with Crippen molar-refractivity contribution in [2.45, 2.75) is 0 Å². The molecule has 0 aliphatic heterocycles. The van der Waals surface area contributed by atoms with Crippen LogP contribution >= 0.6 is 0 Å². The van der Waals surface area contributed by atoms with Gasteiger partial charge in [-0.05, 0) is 32.7 Å². The molecule has 2 nitrogen and oxygen atoms in total. The number of hydrogen-bond acceptors (Lipinski definition) is 1. The molecule has 0 aliphatic rings. The molecule has 0 fully saturated rings. The summed E-state index contributed by atoms with van der Waals surface area (Å²) in [4.78, 5) is 11.9. The second kappa shape index (κ2) is 5.25. The van der Waals surface area contributed by atoms with Crippen molar-refractivity contribution >= 4 is 27.5 Å². The van der Waals surface area contributed by atoms with E-state index in [0.29, 0.717) is 5.56 Å². The van der Waals surface area contributed by atoms with Gasteiger partial charge in [0.15, 0.2) is 0 Å². The second-order valence-corrected chi connectivity index (χ2v) is 5.54. The number of hydrogen-bond donors (Lipinski definition) is 1. The van der Waals surface area contributed by atoms with Gasteiger partial charge in [0.05, 0.1) is 5.56 Å². The van der Waals surface area contributed by atoms with Crippen molar-refractivity contribution in [1.82, 2.24) is 0 Å². The SMILES string of the molecule is O=C(O)c1c(-c2cccc3ccccc23)ccc2ccccc12. The summed E-state index contributed by atoms with van der Waals surface area (Å²) in [5.41, 5.74) is 2.07. The Balaban J connectivity index is 2.13. The normalized spacial score (nSPS) is 11.0. The van der Waals surface area contributed by atoms with Crippen molar-refractivity contribution in [2.24, 2.45) is 0 Å². The van der Waals surface area contributed by atoms with Crippen LogP contribution in [0.5, 0.6) is 0 Å². The summed E-state index contributed by atoms with van der Waals surface area (Å²) in [6.45, 7) is 0. The third-order valence-electron chi connectivity index (χ3n) is 4.22. The fourth-order valence-electron chi connectivity index (χ4n) is 3.19. The molecule has 0 saturated heterocycles. The van der Waals surface area contributed by atoms with E-state index in [1.165, 1.54) is 0 Å². The molecule has 4 rings (SSSR count). The van der Waals surface area contributed by atoms with Gasteiger partial charge in [0.1, 0.15) is 0 Å².